The van der Waals surface area contributed by atoms with Crippen molar-refractivity contribution in [2.24, 2.45) is 11.3 Å². The Morgan fingerprint density at radius 3 is 2.54 bits per heavy atom. The van der Waals surface area contributed by atoms with Crippen molar-refractivity contribution in [3.63, 3.8) is 0 Å². The van der Waals surface area contributed by atoms with E-state index in [0.717, 1.165) is 49.4 Å². The second-order valence-electron chi connectivity index (χ2n) is 10.3. The lowest BCUT2D eigenvalue weighted by Gasteiger charge is -2.35. The number of aliphatic hydroxyl groups is 1. The minimum atomic E-state index is -5.21. The summed E-state index contributed by atoms with van der Waals surface area (Å²) < 4.78 is 47.1. The maximum atomic E-state index is 14.0. The second-order valence-corrected chi connectivity index (χ2v) is 10.7. The summed E-state index contributed by atoms with van der Waals surface area (Å²) in [6, 6.07) is 8.25. The van der Waals surface area contributed by atoms with E-state index in [-0.39, 0.29) is 34.7 Å². The molecule has 1 saturated carbocycles. The molecule has 1 spiro atoms. The number of aromatic nitrogens is 1. The lowest BCUT2D eigenvalue weighted by molar-refractivity contribution is -0.261. The average molecular weight is 569 g/mol. The van der Waals surface area contributed by atoms with Crippen LogP contribution in [0.1, 0.15) is 41.6 Å². The van der Waals surface area contributed by atoms with Gasteiger partial charge in [0.2, 0.25) is 0 Å². The number of pyridine rings is 1. The van der Waals surface area contributed by atoms with E-state index in [1.807, 2.05) is 0 Å². The molecular formula is C27H32ClF3N4O4. The number of halogens is 4. The van der Waals surface area contributed by atoms with Gasteiger partial charge in [0.05, 0.1) is 12.7 Å². The molecule has 12 heteroatoms. The minimum absolute atomic E-state index is 0.0827. The molecule has 1 saturated heterocycles. The highest BCUT2D eigenvalue weighted by Crippen LogP contribution is 2.61. The summed E-state index contributed by atoms with van der Waals surface area (Å²) in [6.07, 6.45) is -1.98. The number of methoxy groups -OCH3 is 1. The Bertz CT molecular complexity index is 1240. The molecule has 1 unspecified atom stereocenters. The molecule has 2 aliphatic rings. The van der Waals surface area contributed by atoms with Crippen LogP contribution >= 0.6 is 11.6 Å². The van der Waals surface area contributed by atoms with Crippen molar-refractivity contribution in [3.05, 3.63) is 52.7 Å². The van der Waals surface area contributed by atoms with E-state index in [2.05, 4.69) is 15.2 Å². The number of likely N-dealkylation sites (N-methyl/N-ethyl adjacent to an activating group) is 1. The van der Waals surface area contributed by atoms with Crippen molar-refractivity contribution in [3.8, 4) is 5.75 Å². The predicted molar refractivity (Wildman–Crippen MR) is 140 cm³/mol. The molecule has 4 rings (SSSR count). The average Bonchev–Trinajstić information content (AvgIpc) is 3.60. The van der Waals surface area contributed by atoms with Crippen LogP contribution in [0.2, 0.25) is 5.15 Å². The molecule has 0 bridgehead atoms. The van der Waals surface area contributed by atoms with Crippen LogP contribution in [-0.4, -0.2) is 73.8 Å². The molecule has 1 aliphatic heterocycles. The first-order valence-corrected chi connectivity index (χ1v) is 13.1. The van der Waals surface area contributed by atoms with Gasteiger partial charge in [-0.1, -0.05) is 23.7 Å². The number of piperidine rings is 1. The molecule has 2 heterocycles. The van der Waals surface area contributed by atoms with Crippen molar-refractivity contribution in [1.29, 1.82) is 0 Å². The summed E-state index contributed by atoms with van der Waals surface area (Å²) >= 11 is 6.20. The summed E-state index contributed by atoms with van der Waals surface area (Å²) in [4.78, 5) is 32.3. The second kappa shape index (κ2) is 10.8. The number of nitrogens with zero attached hydrogens (tertiary/aromatic N) is 3. The smallest absolute Gasteiger partial charge is 0.430 e. The largest absolute Gasteiger partial charge is 0.497 e. The van der Waals surface area contributed by atoms with Crippen LogP contribution in [0, 0.1) is 11.3 Å². The van der Waals surface area contributed by atoms with Gasteiger partial charge in [0.15, 0.2) is 0 Å². The molecule has 1 aliphatic carbocycles. The van der Waals surface area contributed by atoms with Gasteiger partial charge in [-0.15, -0.1) is 0 Å². The van der Waals surface area contributed by atoms with E-state index >= 15 is 0 Å². The van der Waals surface area contributed by atoms with Crippen LogP contribution in [-0.2, 0) is 10.4 Å². The fraction of sp³-hybridized carbons (Fsp3) is 0.519. The number of alkyl halides is 3. The van der Waals surface area contributed by atoms with Gasteiger partial charge in [0.1, 0.15) is 16.7 Å². The number of hydrogen-bond acceptors (Lipinski definition) is 6. The van der Waals surface area contributed by atoms with Crippen LogP contribution in [0.5, 0.6) is 5.75 Å². The molecular weight excluding hydrogens is 537 g/mol. The van der Waals surface area contributed by atoms with Crippen LogP contribution in [0.4, 0.5) is 19.0 Å². The first kappa shape index (κ1) is 28.9. The number of hydrogen-bond donors (Lipinski definition) is 2. The fourth-order valence-corrected chi connectivity index (χ4v) is 5.76. The highest BCUT2D eigenvalue weighted by Gasteiger charge is 2.62. The summed E-state index contributed by atoms with van der Waals surface area (Å²) in [7, 11) is 4.10. The first-order chi connectivity index (χ1) is 18.4. The van der Waals surface area contributed by atoms with Gasteiger partial charge in [-0.05, 0) is 61.3 Å². The summed E-state index contributed by atoms with van der Waals surface area (Å²) in [5.41, 5.74) is -3.87. The topological polar surface area (TPSA) is 95.0 Å². The molecule has 2 N–H and O–H groups in total. The van der Waals surface area contributed by atoms with Crippen LogP contribution in [0.15, 0.2) is 36.4 Å². The van der Waals surface area contributed by atoms with Crippen LogP contribution < -0.4 is 15.0 Å². The van der Waals surface area contributed by atoms with Gasteiger partial charge in [0, 0.05) is 39.3 Å². The Kier molecular flexibility index (Phi) is 8.05. The highest BCUT2D eigenvalue weighted by atomic mass is 35.5. The molecule has 1 aromatic heterocycles. The van der Waals surface area contributed by atoms with Crippen LogP contribution in [0.25, 0.3) is 0 Å². The Morgan fingerprint density at radius 1 is 1.26 bits per heavy atom. The maximum Gasteiger partial charge on any atom is 0.430 e. The van der Waals surface area contributed by atoms with E-state index in [1.165, 1.54) is 33.3 Å². The zero-order chi connectivity index (χ0) is 28.6. The van der Waals surface area contributed by atoms with Crippen LogP contribution in [0.3, 0.4) is 0 Å². The van der Waals surface area contributed by atoms with E-state index in [0.29, 0.717) is 17.8 Å². The number of amides is 2. The summed E-state index contributed by atoms with van der Waals surface area (Å²) in [5, 5.41) is 13.4. The number of rotatable bonds is 8. The fourth-order valence-electron chi connectivity index (χ4n) is 5.52. The van der Waals surface area contributed by atoms with Gasteiger partial charge < -0.3 is 25.0 Å². The molecule has 0 radical (unpaired) electrons. The molecule has 1 aromatic carbocycles. The van der Waals surface area contributed by atoms with Crippen molar-refractivity contribution in [2.45, 2.75) is 37.5 Å². The predicted octanol–water partition coefficient (Wildman–Crippen LogP) is 4.01. The first-order valence-electron chi connectivity index (χ1n) is 12.7. The third-order valence-corrected chi connectivity index (χ3v) is 8.40. The van der Waals surface area contributed by atoms with Crippen molar-refractivity contribution >= 4 is 29.2 Å². The number of carbonyl (C=O) groups is 2. The molecule has 2 aromatic rings. The SMILES string of the molecule is CNC(=O)c1ccc(N2CCC3(CC2)CC3CCN(C)C(=O)[C@](O)(c2cccc(OC)c2)C(F)(F)F)nc1Cl. The Hall–Kier alpha value is -3.05. The Morgan fingerprint density at radius 2 is 1.95 bits per heavy atom. The Balaban J connectivity index is 1.35. The van der Waals surface area contributed by atoms with E-state index in [4.69, 9.17) is 16.3 Å². The van der Waals surface area contributed by atoms with Crippen molar-refractivity contribution < 1.29 is 32.6 Å². The highest BCUT2D eigenvalue weighted by molar-refractivity contribution is 6.32. The normalized spacial score (nSPS) is 19.8. The van der Waals surface area contributed by atoms with Gasteiger partial charge in [-0.2, -0.15) is 13.2 Å². The number of ether oxygens (including phenoxy) is 1. The third kappa shape index (κ3) is 5.51. The van der Waals surface area contributed by atoms with Gasteiger partial charge in [0.25, 0.3) is 17.4 Å². The molecule has 2 atom stereocenters. The monoisotopic (exact) mass is 568 g/mol. The van der Waals surface area contributed by atoms with E-state index < -0.39 is 23.2 Å². The van der Waals surface area contributed by atoms with Crippen molar-refractivity contribution in [2.75, 3.05) is 45.7 Å². The van der Waals surface area contributed by atoms with Crippen molar-refractivity contribution in [1.82, 2.24) is 15.2 Å². The zero-order valence-electron chi connectivity index (χ0n) is 22.0. The number of anilines is 1. The van der Waals surface area contributed by atoms with Gasteiger partial charge in [-0.25, -0.2) is 4.98 Å². The standard InChI is InChI=1S/C27H32ClF3N4O4/c1-32-23(36)20-7-8-21(33-22(20)28)35-13-10-25(11-14-35)16-18(25)9-12-34(2)24(37)26(38,27(29,30)31)17-5-4-6-19(15-17)39-3/h4-8,15,18,38H,9-14,16H2,1-3H3,(H,32,36)/t18?,26-/m1/s1. The number of carbonyl (C=O) groups excluding carboxylic acids is 2. The molecule has 2 amide bonds. The lowest BCUT2D eigenvalue weighted by Crippen LogP contribution is -2.55. The van der Waals surface area contributed by atoms with E-state index in [9.17, 15) is 27.9 Å². The minimum Gasteiger partial charge on any atom is -0.497 e. The maximum absolute atomic E-state index is 14.0. The lowest BCUT2D eigenvalue weighted by atomic mass is 9.89. The Labute approximate surface area is 230 Å². The number of benzene rings is 1. The quantitative estimate of drug-likeness (QED) is 0.467. The summed E-state index contributed by atoms with van der Waals surface area (Å²) in [6.45, 7) is 1.56. The molecule has 8 nitrogen and oxygen atoms in total. The summed E-state index contributed by atoms with van der Waals surface area (Å²) in [5.74, 6) is -0.655. The molecule has 2 fully saturated rings. The van der Waals surface area contributed by atoms with E-state index in [1.54, 1.807) is 12.1 Å². The zero-order valence-corrected chi connectivity index (χ0v) is 22.8. The third-order valence-electron chi connectivity index (χ3n) is 8.11. The number of nitrogens with one attached hydrogen (secondary N) is 1. The molecule has 39 heavy (non-hydrogen) atoms. The van der Waals surface area contributed by atoms with Gasteiger partial charge >= 0.3 is 6.18 Å². The molecule has 212 valence electrons. The van der Waals surface area contributed by atoms with Gasteiger partial charge in [-0.3, -0.25) is 9.59 Å².